The Hall–Kier alpha value is -3.84. The lowest BCUT2D eigenvalue weighted by Crippen LogP contribution is -2.02. The molecule has 0 aliphatic rings. The molecule has 0 amide bonds. The first-order valence-corrected chi connectivity index (χ1v) is 12.3. The Morgan fingerprint density at radius 1 is 0.647 bits per heavy atom. The fourth-order valence-electron chi connectivity index (χ4n) is 5.57. The number of fused-ring (bicyclic) bond motifs is 3. The third kappa shape index (κ3) is 3.08. The Bertz CT molecular complexity index is 1660. The van der Waals surface area contributed by atoms with Crippen LogP contribution in [0.1, 0.15) is 37.3 Å². The third-order valence-electron chi connectivity index (χ3n) is 7.48. The predicted molar refractivity (Wildman–Crippen MR) is 147 cm³/mol. The van der Waals surface area contributed by atoms with Crippen molar-refractivity contribution in [2.75, 3.05) is 0 Å². The van der Waals surface area contributed by atoms with Crippen LogP contribution in [-0.4, -0.2) is 4.57 Å². The van der Waals surface area contributed by atoms with Crippen molar-refractivity contribution >= 4 is 32.4 Å². The van der Waals surface area contributed by atoms with E-state index in [1.165, 1.54) is 60.5 Å². The van der Waals surface area contributed by atoms with Gasteiger partial charge >= 0.3 is 0 Å². The third-order valence-corrected chi connectivity index (χ3v) is 7.48. The van der Waals surface area contributed by atoms with Gasteiger partial charge in [0.25, 0.3) is 0 Å². The molecule has 166 valence electrons. The molecule has 1 nitrogen and oxygen atoms in total. The Morgan fingerprint density at radius 3 is 2.03 bits per heavy atom. The van der Waals surface area contributed by atoms with Gasteiger partial charge in [-0.1, -0.05) is 105 Å². The van der Waals surface area contributed by atoms with Crippen molar-refractivity contribution in [3.8, 4) is 16.9 Å². The lowest BCUT2D eigenvalue weighted by molar-refractivity contribution is 0.739. The average Bonchev–Trinajstić information content (AvgIpc) is 3.23. The van der Waals surface area contributed by atoms with Gasteiger partial charge in [-0.2, -0.15) is 0 Å². The Labute approximate surface area is 201 Å². The molecule has 34 heavy (non-hydrogen) atoms. The number of para-hydroxylation sites is 1. The molecule has 0 radical (unpaired) electrons. The van der Waals surface area contributed by atoms with Gasteiger partial charge < -0.3 is 4.57 Å². The van der Waals surface area contributed by atoms with Crippen molar-refractivity contribution in [1.29, 1.82) is 0 Å². The number of aromatic nitrogens is 1. The fourth-order valence-corrected chi connectivity index (χ4v) is 5.57. The maximum Gasteiger partial charge on any atom is 0.0578 e. The molecule has 0 saturated carbocycles. The number of nitrogens with zero attached hydrogens (tertiary/aromatic N) is 1. The van der Waals surface area contributed by atoms with E-state index in [0.29, 0.717) is 5.92 Å². The van der Waals surface area contributed by atoms with Crippen LogP contribution in [0.4, 0.5) is 0 Å². The van der Waals surface area contributed by atoms with Crippen LogP contribution in [-0.2, 0) is 0 Å². The monoisotopic (exact) mass is 439 g/mol. The normalized spacial score (nSPS) is 12.6. The highest BCUT2D eigenvalue weighted by atomic mass is 15.0. The van der Waals surface area contributed by atoms with Gasteiger partial charge in [0.15, 0.2) is 0 Å². The molecule has 0 spiro atoms. The largest absolute Gasteiger partial charge is 0.308 e. The Kier molecular flexibility index (Phi) is 4.99. The summed E-state index contributed by atoms with van der Waals surface area (Å²) < 4.78 is 2.52. The number of benzene rings is 5. The zero-order valence-electron chi connectivity index (χ0n) is 20.0. The molecule has 1 aromatic heterocycles. The molecule has 0 fully saturated rings. The molecular weight excluding hydrogens is 410 g/mol. The zero-order chi connectivity index (χ0) is 23.2. The summed E-state index contributed by atoms with van der Waals surface area (Å²) in [6.45, 7) is 6.95. The highest BCUT2D eigenvalue weighted by molar-refractivity contribution is 6.01. The number of aryl methyl sites for hydroxylation is 1. The predicted octanol–water partition coefficient (Wildman–Crippen LogP) is 9.43. The van der Waals surface area contributed by atoms with Crippen molar-refractivity contribution < 1.29 is 0 Å². The summed E-state index contributed by atoms with van der Waals surface area (Å²) in [5.41, 5.74) is 7.95. The standard InChI is InChI=1S/C33H29N/c1-4-22(2)32-29-17-9-10-18-31(29)34(30-19-11-14-24-12-6-8-16-28(24)30)33(32)27-21-20-25-13-5-7-15-26(25)23(27)3/h5-22H,4H2,1-3H3. The molecular formula is C33H29N. The Balaban J connectivity index is 1.81. The maximum atomic E-state index is 2.52. The summed E-state index contributed by atoms with van der Waals surface area (Å²) in [7, 11) is 0. The molecule has 6 aromatic rings. The van der Waals surface area contributed by atoms with Crippen LogP contribution < -0.4 is 0 Å². The molecule has 0 bridgehead atoms. The number of hydrogen-bond donors (Lipinski definition) is 0. The topological polar surface area (TPSA) is 4.93 Å². The van der Waals surface area contributed by atoms with Gasteiger partial charge in [0.05, 0.1) is 16.9 Å². The first kappa shape index (κ1) is 20.7. The molecule has 0 saturated heterocycles. The van der Waals surface area contributed by atoms with Crippen LogP contribution >= 0.6 is 0 Å². The second kappa shape index (κ2) is 8.18. The second-order valence-electron chi connectivity index (χ2n) is 9.38. The van der Waals surface area contributed by atoms with E-state index in [1.807, 2.05) is 0 Å². The summed E-state index contributed by atoms with van der Waals surface area (Å²) in [4.78, 5) is 0. The van der Waals surface area contributed by atoms with Crippen LogP contribution in [0.25, 0.3) is 49.4 Å². The summed E-state index contributed by atoms with van der Waals surface area (Å²) in [6, 6.07) is 37.7. The van der Waals surface area contributed by atoms with Gasteiger partial charge in [0, 0.05) is 16.3 Å². The van der Waals surface area contributed by atoms with Gasteiger partial charge in [-0.25, -0.2) is 0 Å². The molecule has 1 unspecified atom stereocenters. The summed E-state index contributed by atoms with van der Waals surface area (Å²) in [5.74, 6) is 0.446. The van der Waals surface area contributed by atoms with Crippen molar-refractivity contribution in [2.24, 2.45) is 0 Å². The van der Waals surface area contributed by atoms with Crippen LogP contribution in [0, 0.1) is 6.92 Å². The van der Waals surface area contributed by atoms with E-state index < -0.39 is 0 Å². The highest BCUT2D eigenvalue weighted by Gasteiger charge is 2.24. The zero-order valence-corrected chi connectivity index (χ0v) is 20.0. The van der Waals surface area contributed by atoms with Gasteiger partial charge in [-0.05, 0) is 58.7 Å². The highest BCUT2D eigenvalue weighted by Crippen LogP contribution is 2.44. The minimum Gasteiger partial charge on any atom is -0.308 e. The smallest absolute Gasteiger partial charge is 0.0578 e. The lowest BCUT2D eigenvalue weighted by Gasteiger charge is -2.19. The first-order valence-electron chi connectivity index (χ1n) is 12.3. The van der Waals surface area contributed by atoms with E-state index in [1.54, 1.807) is 0 Å². The fraction of sp³-hybridized carbons (Fsp3) is 0.152. The van der Waals surface area contributed by atoms with Crippen molar-refractivity contribution in [3.63, 3.8) is 0 Å². The van der Waals surface area contributed by atoms with E-state index in [2.05, 4.69) is 128 Å². The van der Waals surface area contributed by atoms with E-state index >= 15 is 0 Å². The molecule has 5 aromatic carbocycles. The first-order chi connectivity index (χ1) is 16.7. The van der Waals surface area contributed by atoms with Crippen LogP contribution in [0.3, 0.4) is 0 Å². The number of rotatable bonds is 4. The van der Waals surface area contributed by atoms with E-state index in [-0.39, 0.29) is 0 Å². The van der Waals surface area contributed by atoms with Crippen molar-refractivity contribution in [2.45, 2.75) is 33.1 Å². The maximum absolute atomic E-state index is 2.52. The van der Waals surface area contributed by atoms with E-state index in [9.17, 15) is 0 Å². The summed E-state index contributed by atoms with van der Waals surface area (Å²) >= 11 is 0. The van der Waals surface area contributed by atoms with Crippen LogP contribution in [0.2, 0.25) is 0 Å². The van der Waals surface area contributed by atoms with Gasteiger partial charge in [-0.15, -0.1) is 0 Å². The van der Waals surface area contributed by atoms with Crippen LogP contribution in [0.5, 0.6) is 0 Å². The molecule has 1 atom stereocenters. The van der Waals surface area contributed by atoms with Gasteiger partial charge in [0.2, 0.25) is 0 Å². The molecule has 1 heteroatoms. The van der Waals surface area contributed by atoms with Gasteiger partial charge in [-0.3, -0.25) is 0 Å². The molecule has 0 aliphatic carbocycles. The second-order valence-corrected chi connectivity index (χ2v) is 9.38. The van der Waals surface area contributed by atoms with Gasteiger partial charge in [0.1, 0.15) is 0 Å². The molecule has 0 aliphatic heterocycles. The van der Waals surface area contributed by atoms with Crippen molar-refractivity contribution in [3.05, 3.63) is 114 Å². The minimum absolute atomic E-state index is 0.446. The van der Waals surface area contributed by atoms with E-state index in [0.717, 1.165) is 6.42 Å². The SMILES string of the molecule is CCC(C)c1c(-c2ccc3ccccc3c2C)n(-c2cccc3ccccc23)c2ccccc12. The van der Waals surface area contributed by atoms with Crippen LogP contribution in [0.15, 0.2) is 103 Å². The molecule has 0 N–H and O–H groups in total. The minimum atomic E-state index is 0.446. The van der Waals surface area contributed by atoms with E-state index in [4.69, 9.17) is 0 Å². The summed E-state index contributed by atoms with van der Waals surface area (Å²) in [5, 5.41) is 6.52. The van der Waals surface area contributed by atoms with Crippen molar-refractivity contribution in [1.82, 2.24) is 4.57 Å². The number of hydrogen-bond acceptors (Lipinski definition) is 0. The quantitative estimate of drug-likeness (QED) is 0.258. The Morgan fingerprint density at radius 2 is 1.26 bits per heavy atom. The summed E-state index contributed by atoms with van der Waals surface area (Å²) in [6.07, 6.45) is 1.10. The molecule has 6 rings (SSSR count). The lowest BCUT2D eigenvalue weighted by atomic mass is 9.90. The average molecular weight is 440 g/mol. The molecule has 1 heterocycles.